The summed E-state index contributed by atoms with van der Waals surface area (Å²) in [6, 6.07) is 138. The zero-order valence-corrected chi connectivity index (χ0v) is 94.9. The number of rotatable bonds is 11. The summed E-state index contributed by atoms with van der Waals surface area (Å²) in [7, 11) is 0. The third kappa shape index (κ3) is 19.1. The molecule has 23 rings (SSSR count). The van der Waals surface area contributed by atoms with Crippen molar-refractivity contribution in [3.8, 4) is 101 Å². The van der Waals surface area contributed by atoms with Crippen molar-refractivity contribution in [1.29, 1.82) is 0 Å². The molecule has 0 amide bonds. The van der Waals surface area contributed by atoms with Crippen molar-refractivity contribution in [2.24, 2.45) is 0 Å². The van der Waals surface area contributed by atoms with Crippen molar-refractivity contribution >= 4 is 286 Å². The maximum atomic E-state index is 3.60. The number of hydrogen-bond acceptors (Lipinski definition) is 0. The fourth-order valence-corrected chi connectivity index (χ4v) is 26.1. The molecule has 0 N–H and O–H groups in total. The number of fused-ring (bicyclic) bond motifs is 12. The van der Waals surface area contributed by atoms with Gasteiger partial charge in [-0.15, -0.1) is 24.0 Å². The first-order valence-electron chi connectivity index (χ1n) is 44.5. The zero-order valence-electron chi connectivity index (χ0n) is 75.2. The van der Waals surface area contributed by atoms with Crippen molar-refractivity contribution in [3.05, 3.63) is 464 Å². The highest BCUT2D eigenvalue weighted by atomic mass is 127. The highest BCUT2D eigenvalue weighted by Gasteiger charge is 2.25. The summed E-state index contributed by atoms with van der Waals surface area (Å²) in [5, 5.41) is 9.81. The van der Waals surface area contributed by atoms with Crippen LogP contribution >= 0.6 is 199 Å². The van der Waals surface area contributed by atoms with Crippen LogP contribution in [0.3, 0.4) is 0 Å². The monoisotopic (exact) mass is 2610 g/mol. The van der Waals surface area contributed by atoms with Crippen molar-refractivity contribution < 1.29 is 2.85 Å². The summed E-state index contributed by atoms with van der Waals surface area (Å²) < 4.78 is 21.8. The minimum Gasteiger partial charge on any atom is -0.309 e. The Morgan fingerprint density at radius 3 is 0.630 bits per heavy atom. The van der Waals surface area contributed by atoms with E-state index in [1.165, 1.54) is 182 Å². The van der Waals surface area contributed by atoms with Gasteiger partial charge in [-0.2, -0.15) is 0 Å². The van der Waals surface area contributed by atoms with Crippen LogP contribution in [0, 0.1) is 48.5 Å². The molecule has 0 fully saturated rings. The molecule has 4 nitrogen and oxygen atoms in total. The van der Waals surface area contributed by atoms with E-state index in [-0.39, 0.29) is 34.3 Å². The van der Waals surface area contributed by atoms with E-state index in [9.17, 15) is 0 Å². The second-order valence-electron chi connectivity index (χ2n) is 34.3. The summed E-state index contributed by atoms with van der Waals surface area (Å²) in [4.78, 5) is 0. The highest BCUT2D eigenvalue weighted by molar-refractivity contribution is 14.0. The van der Waals surface area contributed by atoms with E-state index in [0.29, 0.717) is 0 Å². The molecule has 19 aromatic carbocycles. The van der Waals surface area contributed by atoms with Gasteiger partial charge in [0.25, 0.3) is 0 Å². The van der Waals surface area contributed by atoms with Gasteiger partial charge in [-0.05, 0) is 372 Å². The normalized spacial score (nSPS) is 11.3. The van der Waals surface area contributed by atoms with Crippen molar-refractivity contribution in [2.45, 2.75) is 55.9 Å². The highest BCUT2D eigenvalue weighted by Crippen LogP contribution is 2.49. The van der Waals surface area contributed by atoms with E-state index in [0.717, 1.165) is 94.2 Å². The standard InChI is InChI=1S/C86H58N4.2C14H10Br4.C7H5Br3.CH4.HI.2H2/c1-55-71(59-41-45-85-77(49-59)69-33-17-21-37-81(69)89(85)65-27-11-5-12-28-65)51-61(57-39-43-83-75(47-57)67-31-15-19-35-79(67)87(83)63-23-7-3-8-24-63)53-73(55)74-54-62(58-40-44-84-76(48-58)68-32-16-20-36-80(68)88(84)64-25-9-4-10-26-64)52-72(56(74)2)60-42-46-86-78(50-60)70-34-18-22-38-82(70)90(86)66-29-13-6-14-30-66;1-7-11(3-9(15)5-13(7)17)12-4-10(16)6-14(18)8(12)2;1-7-11(15)3-9(4-12(7)16)10-5-13(17)8(2)14(18)6-10;1-4-6(9)2-5(8)3-7(4)10;;;;/h3-54H,1-2H3;2*3-6H,1-2H3;2-3H,1H3;1H4;3*1H. The molecule has 0 spiro atoms. The molecular weight excluding hydrogens is 2530 g/mol. The Balaban J connectivity index is 0.000000231. The molecule has 0 aliphatic heterocycles. The molecule has 0 atom stereocenters. The lowest BCUT2D eigenvalue weighted by Crippen LogP contribution is -1.97. The van der Waals surface area contributed by atoms with Gasteiger partial charge < -0.3 is 18.3 Å². The average molecular weight is 2620 g/mol. The van der Waals surface area contributed by atoms with E-state index >= 15 is 0 Å². The van der Waals surface area contributed by atoms with E-state index in [2.05, 4.69) is 606 Å². The van der Waals surface area contributed by atoms with Crippen molar-refractivity contribution in [2.75, 3.05) is 0 Å². The minimum absolute atomic E-state index is 0. The van der Waals surface area contributed by atoms with Gasteiger partial charge in [-0.1, -0.05) is 353 Å². The van der Waals surface area contributed by atoms with Crippen molar-refractivity contribution in [1.82, 2.24) is 18.3 Å². The lowest BCUT2D eigenvalue weighted by Gasteiger charge is -2.21. The van der Waals surface area contributed by atoms with Gasteiger partial charge in [0.15, 0.2) is 0 Å². The number of aromatic nitrogens is 4. The average Bonchev–Trinajstić information content (AvgIpc) is 1.69. The minimum atomic E-state index is 0. The van der Waals surface area contributed by atoms with Gasteiger partial charge in [-0.25, -0.2) is 0 Å². The smallest absolute Gasteiger partial charge is 0.0541 e. The maximum absolute atomic E-state index is 3.60. The molecule has 4 heterocycles. The summed E-state index contributed by atoms with van der Waals surface area (Å²) in [6.45, 7) is 15.2. The molecule has 0 saturated carbocycles. The molecular formula is C122H92Br11IN4. The van der Waals surface area contributed by atoms with Crippen LogP contribution in [0.25, 0.3) is 188 Å². The number of benzene rings is 19. The molecule has 138 heavy (non-hydrogen) atoms. The fraction of sp³-hybridized carbons (Fsp3) is 0.0656. The van der Waals surface area contributed by atoms with Crippen LogP contribution < -0.4 is 0 Å². The summed E-state index contributed by atoms with van der Waals surface area (Å²) in [5.74, 6) is 0. The lowest BCUT2D eigenvalue weighted by atomic mass is 9.83. The Bertz CT molecular complexity index is 8170. The first-order chi connectivity index (χ1) is 65.9. The Hall–Kier alpha value is -9.61. The van der Waals surface area contributed by atoms with Crippen LogP contribution in [0.2, 0.25) is 0 Å². The van der Waals surface area contributed by atoms with Crippen LogP contribution in [-0.4, -0.2) is 18.3 Å². The Morgan fingerprint density at radius 2 is 0.355 bits per heavy atom. The Morgan fingerprint density at radius 1 is 0.159 bits per heavy atom. The molecule has 0 saturated heterocycles. The van der Waals surface area contributed by atoms with Crippen LogP contribution in [0.4, 0.5) is 0 Å². The van der Waals surface area contributed by atoms with E-state index in [4.69, 9.17) is 0 Å². The molecule has 0 radical (unpaired) electrons. The zero-order chi connectivity index (χ0) is 94.2. The summed E-state index contributed by atoms with van der Waals surface area (Å²) in [6.07, 6.45) is 0. The van der Waals surface area contributed by atoms with E-state index in [1.54, 1.807) is 0 Å². The largest absolute Gasteiger partial charge is 0.309 e. The number of nitrogens with zero attached hydrogens (tertiary/aromatic N) is 4. The quantitative estimate of drug-likeness (QED) is 0.115. The third-order valence-corrected chi connectivity index (χ3v) is 34.2. The molecule has 0 aliphatic rings. The lowest BCUT2D eigenvalue weighted by molar-refractivity contribution is 1.18. The van der Waals surface area contributed by atoms with Crippen LogP contribution in [-0.2, 0) is 0 Å². The van der Waals surface area contributed by atoms with Crippen LogP contribution in [0.5, 0.6) is 0 Å². The third-order valence-electron chi connectivity index (χ3n) is 26.2. The van der Waals surface area contributed by atoms with Gasteiger partial charge in [0.05, 0.1) is 44.1 Å². The molecule has 0 bridgehead atoms. The molecule has 684 valence electrons. The van der Waals surface area contributed by atoms with E-state index < -0.39 is 0 Å². The molecule has 23 aromatic rings. The van der Waals surface area contributed by atoms with Gasteiger partial charge in [0, 0.05) is 118 Å². The number of para-hydroxylation sites is 8. The van der Waals surface area contributed by atoms with Crippen molar-refractivity contribution in [3.63, 3.8) is 0 Å². The molecule has 0 aliphatic carbocycles. The topological polar surface area (TPSA) is 19.7 Å². The second kappa shape index (κ2) is 41.9. The fourth-order valence-electron chi connectivity index (χ4n) is 19.0. The number of halogens is 12. The van der Waals surface area contributed by atoms with Gasteiger partial charge in [0.2, 0.25) is 0 Å². The van der Waals surface area contributed by atoms with Crippen LogP contribution in [0.1, 0.15) is 49.2 Å². The Kier molecular flexibility index (Phi) is 29.9. The predicted octanol–water partition coefficient (Wildman–Crippen LogP) is 43.1. The molecule has 4 aromatic heterocycles. The molecule has 16 heteroatoms. The summed E-state index contributed by atoms with van der Waals surface area (Å²) >= 11 is 38.9. The maximum Gasteiger partial charge on any atom is 0.0541 e. The molecule has 0 unspecified atom stereocenters. The summed E-state index contributed by atoms with van der Waals surface area (Å²) in [5.41, 5.74) is 39.3. The van der Waals surface area contributed by atoms with Gasteiger partial charge in [-0.3, -0.25) is 0 Å². The SMILES string of the molecule is C.Cc1c(-c2ccc3c(c2)c2ccccc2n3-c2ccccc2)cc(-c2ccc3c(c2)c2ccccc2n3-c2ccccc2)cc1-c1cc(-c2ccc3c(c2)c2ccccc2n3-c2ccccc2)cc(-c2ccc3c(c2)c2ccccc2n3-c2ccccc2)c1C.Cc1c(Br)cc(-c2cc(Br)c(C)c(Br)c2)cc1Br.Cc1c(Br)cc(Br)cc1-c1cc(Br)cc(Br)c1C.Cc1c(Br)cc(Br)cc1Br.I.[HH].[HH]. The first kappa shape index (κ1) is 98.6. The van der Waals surface area contributed by atoms with Gasteiger partial charge >= 0.3 is 0 Å². The van der Waals surface area contributed by atoms with Crippen LogP contribution in [0.15, 0.2) is 425 Å². The number of hydrogen-bond donors (Lipinski definition) is 0. The Labute approximate surface area is 917 Å². The predicted molar refractivity (Wildman–Crippen MR) is 645 cm³/mol. The van der Waals surface area contributed by atoms with Gasteiger partial charge in [0.1, 0.15) is 0 Å². The van der Waals surface area contributed by atoms with E-state index in [1.807, 2.05) is 12.1 Å². The first-order valence-corrected chi connectivity index (χ1v) is 53.2. The second-order valence-corrected chi connectivity index (χ2v) is 43.9.